The molecule has 0 aliphatic rings. The highest BCUT2D eigenvalue weighted by Crippen LogP contribution is 2.17. The number of nitrogens with zero attached hydrogens (tertiary/aromatic N) is 4. The van der Waals surface area contributed by atoms with Crippen molar-refractivity contribution in [3.63, 3.8) is 0 Å². The van der Waals surface area contributed by atoms with Crippen molar-refractivity contribution in [2.45, 2.75) is 26.5 Å². The third kappa shape index (κ3) is 4.12. The molecule has 0 aliphatic carbocycles. The Morgan fingerprint density at radius 3 is 2.71 bits per heavy atom. The third-order valence-electron chi connectivity index (χ3n) is 3.97. The summed E-state index contributed by atoms with van der Waals surface area (Å²) in [6.45, 7) is 3.63. The van der Waals surface area contributed by atoms with Gasteiger partial charge in [0.1, 0.15) is 18.5 Å². The van der Waals surface area contributed by atoms with Crippen molar-refractivity contribution >= 4 is 22.8 Å². The number of anilines is 1. The fourth-order valence-electron chi connectivity index (χ4n) is 2.63. The number of H-pyrrole nitrogens is 1. The van der Waals surface area contributed by atoms with Gasteiger partial charge in [-0.05, 0) is 26.0 Å². The summed E-state index contributed by atoms with van der Waals surface area (Å²) in [5.41, 5.74) is 2.71. The van der Waals surface area contributed by atoms with E-state index in [2.05, 4.69) is 20.5 Å². The Balaban J connectivity index is 1.94. The lowest BCUT2D eigenvalue weighted by Gasteiger charge is -2.15. The normalized spacial score (nSPS) is 12.0. The predicted molar refractivity (Wildman–Crippen MR) is 106 cm³/mol. The van der Waals surface area contributed by atoms with E-state index in [4.69, 9.17) is 4.74 Å². The van der Waals surface area contributed by atoms with Crippen LogP contribution in [0, 0.1) is 0 Å². The van der Waals surface area contributed by atoms with Crippen molar-refractivity contribution in [1.29, 1.82) is 0 Å². The van der Waals surface area contributed by atoms with Crippen molar-refractivity contribution in [3.8, 4) is 5.75 Å². The number of ether oxygens (including phenoxy) is 1. The largest absolute Gasteiger partial charge is 0.491 e. The Hall–Kier alpha value is -3.40. The van der Waals surface area contributed by atoms with Crippen LogP contribution >= 0.6 is 0 Å². The molecule has 3 rings (SSSR count). The Labute approximate surface area is 160 Å². The molecule has 0 radical (unpaired) electrons. The molecule has 0 saturated carbocycles. The van der Waals surface area contributed by atoms with Crippen molar-refractivity contribution in [1.82, 2.24) is 19.1 Å². The summed E-state index contributed by atoms with van der Waals surface area (Å²) in [5.74, 6) is 0.864. The molecule has 0 spiro atoms. The van der Waals surface area contributed by atoms with Crippen molar-refractivity contribution in [3.05, 3.63) is 51.2 Å². The lowest BCUT2D eigenvalue weighted by Crippen LogP contribution is -2.30. The number of aromatic nitrogens is 4. The summed E-state index contributed by atoms with van der Waals surface area (Å²) < 4.78 is 8.28. The van der Waals surface area contributed by atoms with Crippen molar-refractivity contribution in [2.24, 2.45) is 12.1 Å². The first kappa shape index (κ1) is 19.4. The van der Waals surface area contributed by atoms with Gasteiger partial charge in [0.25, 0.3) is 5.56 Å². The maximum absolute atomic E-state index is 12.4. The molecule has 1 atom stereocenters. The van der Waals surface area contributed by atoms with Crippen molar-refractivity contribution in [2.75, 3.05) is 12.0 Å². The number of imidazole rings is 1. The molecule has 0 unspecified atom stereocenters. The number of aromatic amines is 1. The molecule has 3 N–H and O–H groups in total. The number of hydrogen-bond donors (Lipinski definition) is 3. The van der Waals surface area contributed by atoms with Crippen LogP contribution in [0.5, 0.6) is 5.75 Å². The predicted octanol–water partition coefficient (Wildman–Crippen LogP) is 0.671. The van der Waals surface area contributed by atoms with Gasteiger partial charge in [-0.15, -0.1) is 0 Å². The summed E-state index contributed by atoms with van der Waals surface area (Å²) >= 11 is 0. The Bertz CT molecular complexity index is 1110. The van der Waals surface area contributed by atoms with Gasteiger partial charge in [-0.1, -0.05) is 18.2 Å². The molecule has 0 fully saturated rings. The van der Waals surface area contributed by atoms with E-state index < -0.39 is 17.4 Å². The van der Waals surface area contributed by atoms with Crippen LogP contribution in [0.3, 0.4) is 0 Å². The average molecular weight is 386 g/mol. The number of aryl methyl sites for hydroxylation is 1. The van der Waals surface area contributed by atoms with Crippen LogP contribution in [0.4, 0.5) is 5.95 Å². The average Bonchev–Trinajstić information content (AvgIpc) is 3.02. The number of nitrogens with one attached hydrogen (secondary N) is 2. The molecule has 148 valence electrons. The van der Waals surface area contributed by atoms with Gasteiger partial charge in [-0.2, -0.15) is 10.1 Å². The van der Waals surface area contributed by atoms with E-state index in [9.17, 15) is 14.7 Å². The van der Waals surface area contributed by atoms with E-state index in [0.29, 0.717) is 5.75 Å². The zero-order chi connectivity index (χ0) is 20.3. The highest BCUT2D eigenvalue weighted by Gasteiger charge is 2.19. The second-order valence-corrected chi connectivity index (χ2v) is 6.49. The van der Waals surface area contributed by atoms with Gasteiger partial charge in [0.15, 0.2) is 11.2 Å². The number of benzene rings is 1. The second-order valence-electron chi connectivity index (χ2n) is 6.49. The number of aliphatic hydroxyl groups excluding tert-OH is 1. The van der Waals surface area contributed by atoms with Gasteiger partial charge in [0.2, 0.25) is 5.95 Å². The van der Waals surface area contributed by atoms with Crippen LogP contribution in [-0.2, 0) is 13.6 Å². The maximum atomic E-state index is 12.4. The zero-order valence-corrected chi connectivity index (χ0v) is 15.8. The first-order valence-electron chi connectivity index (χ1n) is 8.69. The fourth-order valence-corrected chi connectivity index (χ4v) is 2.63. The molecule has 10 nitrogen and oxygen atoms in total. The highest BCUT2D eigenvalue weighted by molar-refractivity contribution is 5.80. The van der Waals surface area contributed by atoms with Crippen molar-refractivity contribution < 1.29 is 9.84 Å². The van der Waals surface area contributed by atoms with Gasteiger partial charge in [-0.3, -0.25) is 14.3 Å². The molecule has 2 aromatic heterocycles. The Morgan fingerprint density at radius 2 is 2.04 bits per heavy atom. The van der Waals surface area contributed by atoms with Crippen LogP contribution in [0.15, 0.2) is 45.0 Å². The summed E-state index contributed by atoms with van der Waals surface area (Å²) in [6, 6.07) is 9.10. The van der Waals surface area contributed by atoms with E-state index in [1.807, 2.05) is 18.2 Å². The zero-order valence-electron chi connectivity index (χ0n) is 15.8. The van der Waals surface area contributed by atoms with Gasteiger partial charge in [-0.25, -0.2) is 10.2 Å². The van der Waals surface area contributed by atoms with E-state index in [-0.39, 0.29) is 30.3 Å². The molecule has 0 bridgehead atoms. The van der Waals surface area contributed by atoms with Gasteiger partial charge in [0, 0.05) is 12.8 Å². The van der Waals surface area contributed by atoms with E-state index >= 15 is 0 Å². The summed E-state index contributed by atoms with van der Waals surface area (Å²) in [7, 11) is 1.50. The number of hydrogen-bond acceptors (Lipinski definition) is 7. The number of hydrazone groups is 1. The number of rotatable bonds is 7. The molecule has 0 amide bonds. The Kier molecular flexibility index (Phi) is 5.59. The van der Waals surface area contributed by atoms with E-state index in [0.717, 1.165) is 5.71 Å². The van der Waals surface area contributed by atoms with Gasteiger partial charge >= 0.3 is 5.69 Å². The molecule has 0 aliphatic heterocycles. The highest BCUT2D eigenvalue weighted by atomic mass is 16.5. The SMILES string of the molecule is CC(C)=NNc1nc2c(c(=O)[nH]c(=O)n2C)n1C[C@H](O)COc1ccccc1. The summed E-state index contributed by atoms with van der Waals surface area (Å²) in [6.07, 6.45) is -0.929. The summed E-state index contributed by atoms with van der Waals surface area (Å²) in [5, 5.41) is 14.5. The molecule has 28 heavy (non-hydrogen) atoms. The molecule has 10 heteroatoms. The maximum Gasteiger partial charge on any atom is 0.329 e. The third-order valence-corrected chi connectivity index (χ3v) is 3.97. The molecular formula is C18H22N6O4. The van der Waals surface area contributed by atoms with Gasteiger partial charge in [0.05, 0.1) is 6.54 Å². The van der Waals surface area contributed by atoms with E-state index in [1.165, 1.54) is 16.2 Å². The van der Waals surface area contributed by atoms with E-state index in [1.54, 1.807) is 26.0 Å². The number of para-hydroxylation sites is 1. The fraction of sp³-hybridized carbons (Fsp3) is 0.333. The smallest absolute Gasteiger partial charge is 0.329 e. The molecule has 3 aromatic rings. The quantitative estimate of drug-likeness (QED) is 0.405. The Morgan fingerprint density at radius 1 is 1.32 bits per heavy atom. The number of aliphatic hydroxyl groups is 1. The van der Waals surface area contributed by atoms with Crippen LogP contribution in [0.1, 0.15) is 13.8 Å². The van der Waals surface area contributed by atoms with Gasteiger partial charge < -0.3 is 14.4 Å². The minimum atomic E-state index is -0.929. The first-order valence-corrected chi connectivity index (χ1v) is 8.69. The van der Waals surface area contributed by atoms with Crippen LogP contribution in [0.2, 0.25) is 0 Å². The summed E-state index contributed by atoms with van der Waals surface area (Å²) in [4.78, 5) is 30.8. The van der Waals surface area contributed by atoms with Crippen LogP contribution in [-0.4, -0.2) is 42.6 Å². The molecule has 2 heterocycles. The van der Waals surface area contributed by atoms with Crippen LogP contribution < -0.4 is 21.4 Å². The minimum absolute atomic E-state index is 0.0167. The van der Waals surface area contributed by atoms with Crippen LogP contribution in [0.25, 0.3) is 11.2 Å². The standard InChI is InChI=1S/C18H22N6O4/c1-11(2)21-22-17-19-15-14(16(26)20-18(27)23(15)3)24(17)9-12(25)10-28-13-7-5-4-6-8-13/h4-8,12,25H,9-10H2,1-3H3,(H,19,22)(H,20,26,27)/t12-/m0/s1. The first-order chi connectivity index (χ1) is 13.4. The topological polar surface area (TPSA) is 127 Å². The monoisotopic (exact) mass is 386 g/mol. The molecular weight excluding hydrogens is 364 g/mol. The lowest BCUT2D eigenvalue weighted by atomic mass is 10.3. The molecule has 1 aromatic carbocycles. The lowest BCUT2D eigenvalue weighted by molar-refractivity contribution is 0.0938. The minimum Gasteiger partial charge on any atom is -0.491 e. The number of fused-ring (bicyclic) bond motifs is 1. The second kappa shape index (κ2) is 8.09. The molecule has 0 saturated heterocycles.